The van der Waals surface area contributed by atoms with Crippen LogP contribution in [0.2, 0.25) is 0 Å². The number of hydrogen-bond acceptors (Lipinski definition) is 2. The van der Waals surface area contributed by atoms with E-state index in [0.29, 0.717) is 13.1 Å². The number of rotatable bonds is 6. The van der Waals surface area contributed by atoms with E-state index in [4.69, 9.17) is 31.7 Å². The quantitative estimate of drug-likeness (QED) is 0.516. The number of aryl methyl sites for hydroxylation is 6. The van der Waals surface area contributed by atoms with Gasteiger partial charge in [-0.3, -0.25) is 0 Å². The Morgan fingerprint density at radius 2 is 0.964 bits per heavy atom. The van der Waals surface area contributed by atoms with Crippen LogP contribution in [-0.2, 0) is 13.1 Å². The molecule has 0 aliphatic rings. The van der Waals surface area contributed by atoms with Gasteiger partial charge in [-0.25, -0.2) is 0 Å². The molecule has 0 spiro atoms. The molecule has 0 aromatic heterocycles. The van der Waals surface area contributed by atoms with Gasteiger partial charge in [-0.2, -0.15) is 0 Å². The molecule has 2 atom stereocenters. The zero-order valence-corrected chi connectivity index (χ0v) is 20.3. The van der Waals surface area contributed by atoms with E-state index in [1.165, 1.54) is 44.5 Å². The van der Waals surface area contributed by atoms with Crippen molar-refractivity contribution in [2.45, 2.75) is 53.6 Å². The van der Waals surface area contributed by atoms with Crippen molar-refractivity contribution < 1.29 is 13.1 Å². The van der Waals surface area contributed by atoms with Crippen LogP contribution in [0.25, 0.3) is 5.32 Å². The van der Waals surface area contributed by atoms with Gasteiger partial charge in [0.2, 0.25) is 0 Å². The fourth-order valence-electron chi connectivity index (χ4n) is 4.09. The molecule has 28 heavy (non-hydrogen) atoms. The Bertz CT molecular complexity index is 671. The SMILES string of the molecule is Cc1cc(C)c(C(N)C[N-]CC(N)c2c(C)cc(C)cc2C)c(C)c1.[Cl][Mn][Cl]. The molecule has 2 aromatic rings. The predicted molar refractivity (Wildman–Crippen MR) is 120 cm³/mol. The van der Waals surface area contributed by atoms with Crippen molar-refractivity contribution in [3.05, 3.63) is 74.1 Å². The summed E-state index contributed by atoms with van der Waals surface area (Å²) in [4.78, 5) is 0. The summed E-state index contributed by atoms with van der Waals surface area (Å²) in [6, 6.07) is 8.60. The van der Waals surface area contributed by atoms with Crippen LogP contribution in [0.3, 0.4) is 0 Å². The first-order chi connectivity index (χ1) is 13.1. The van der Waals surface area contributed by atoms with Gasteiger partial charge in [0.1, 0.15) is 0 Å². The average molecular weight is 464 g/mol. The maximum absolute atomic E-state index is 6.42. The third-order valence-corrected chi connectivity index (χ3v) is 4.87. The molecular formula is C22H32Cl2MnN3-. The van der Waals surface area contributed by atoms with E-state index in [9.17, 15) is 0 Å². The molecule has 0 aliphatic heterocycles. The zero-order chi connectivity index (χ0) is 21.4. The van der Waals surface area contributed by atoms with Crippen LogP contribution < -0.4 is 11.5 Å². The van der Waals surface area contributed by atoms with E-state index in [2.05, 4.69) is 71.1 Å². The molecule has 0 amide bonds. The number of nitrogens with zero attached hydrogens (tertiary/aromatic N) is 1. The van der Waals surface area contributed by atoms with Gasteiger partial charge in [0.05, 0.1) is 0 Å². The van der Waals surface area contributed by atoms with Gasteiger partial charge < -0.3 is 16.8 Å². The number of halogens is 2. The summed E-state index contributed by atoms with van der Waals surface area (Å²) < 4.78 is 0. The zero-order valence-electron chi connectivity index (χ0n) is 17.6. The van der Waals surface area contributed by atoms with Crippen molar-refractivity contribution in [3.8, 4) is 0 Å². The van der Waals surface area contributed by atoms with Crippen LogP contribution in [0.1, 0.15) is 56.6 Å². The molecule has 6 heteroatoms. The molecule has 0 radical (unpaired) electrons. The summed E-state index contributed by atoms with van der Waals surface area (Å²) >= 11 is 0.00694. The van der Waals surface area contributed by atoms with Crippen molar-refractivity contribution in [1.29, 1.82) is 0 Å². The van der Waals surface area contributed by atoms with Crippen LogP contribution in [0.5, 0.6) is 0 Å². The van der Waals surface area contributed by atoms with Gasteiger partial charge in [-0.05, 0) is 74.9 Å². The first-order valence-electron chi connectivity index (χ1n) is 9.29. The molecule has 0 bridgehead atoms. The molecule has 3 nitrogen and oxygen atoms in total. The van der Waals surface area contributed by atoms with Crippen molar-refractivity contribution in [2.24, 2.45) is 11.5 Å². The minimum atomic E-state index is -0.0759. The Kier molecular flexibility index (Phi) is 11.1. The van der Waals surface area contributed by atoms with Crippen LogP contribution in [0, 0.1) is 41.5 Å². The molecule has 0 aliphatic carbocycles. The molecule has 0 heterocycles. The van der Waals surface area contributed by atoms with E-state index in [0.717, 1.165) is 0 Å². The Hall–Kier alpha value is -0.581. The molecule has 2 aromatic carbocycles. The first kappa shape index (κ1) is 25.5. The summed E-state index contributed by atoms with van der Waals surface area (Å²) in [7, 11) is 9.59. The van der Waals surface area contributed by atoms with E-state index in [1.807, 2.05) is 0 Å². The van der Waals surface area contributed by atoms with Crippen molar-refractivity contribution >= 4 is 20.2 Å². The minimum absolute atomic E-state index is 0.00694. The van der Waals surface area contributed by atoms with Gasteiger partial charge in [0, 0.05) is 12.1 Å². The molecular weight excluding hydrogens is 432 g/mol. The molecule has 2 unspecified atom stereocenters. The first-order valence-corrected chi connectivity index (χ1v) is 12.5. The van der Waals surface area contributed by atoms with Gasteiger partial charge in [-0.15, -0.1) is 13.1 Å². The van der Waals surface area contributed by atoms with Gasteiger partial charge in [0.15, 0.2) is 0 Å². The standard InChI is InChI=1S/C22H32N3.2ClH.Mn/c1-13-7-15(3)21(16(4)8-13)19(23)11-25-12-20(24)22-17(5)9-14(2)10-18(22)6;;;/h7-10,19-20H,11-12,23-24H2,1-6H3;2*1H;/q-1;;;+2/p-2. The molecule has 0 saturated carbocycles. The van der Waals surface area contributed by atoms with Gasteiger partial charge >= 0.3 is 33.3 Å². The Balaban J connectivity index is 0.00000122. The second kappa shape index (κ2) is 12.2. The van der Waals surface area contributed by atoms with Crippen LogP contribution in [0.15, 0.2) is 24.3 Å². The van der Waals surface area contributed by atoms with Gasteiger partial charge in [0.25, 0.3) is 0 Å². The van der Waals surface area contributed by atoms with Crippen molar-refractivity contribution in [2.75, 3.05) is 13.1 Å². The second-order valence-corrected chi connectivity index (χ2v) is 9.43. The number of nitrogens with two attached hydrogens (primary N) is 2. The molecule has 2 rings (SSSR count). The van der Waals surface area contributed by atoms with Crippen molar-refractivity contribution in [1.82, 2.24) is 0 Å². The molecule has 157 valence electrons. The number of benzene rings is 2. The number of hydrogen-bond donors (Lipinski definition) is 2. The Morgan fingerprint density at radius 1 is 0.714 bits per heavy atom. The molecule has 0 saturated heterocycles. The molecule has 4 N–H and O–H groups in total. The predicted octanol–water partition coefficient (Wildman–Crippen LogP) is 5.99. The van der Waals surface area contributed by atoms with E-state index in [-0.39, 0.29) is 25.2 Å². The van der Waals surface area contributed by atoms with E-state index < -0.39 is 0 Å². The third-order valence-electron chi connectivity index (χ3n) is 4.87. The van der Waals surface area contributed by atoms with Crippen molar-refractivity contribution in [3.63, 3.8) is 0 Å². The Labute approximate surface area is 185 Å². The fraction of sp³-hybridized carbons (Fsp3) is 0.455. The Morgan fingerprint density at radius 3 is 1.21 bits per heavy atom. The summed E-state index contributed by atoms with van der Waals surface area (Å²) in [5, 5.41) is 4.68. The summed E-state index contributed by atoms with van der Waals surface area (Å²) in [5.74, 6) is 0. The van der Waals surface area contributed by atoms with Gasteiger partial charge in [-0.1, -0.05) is 35.4 Å². The third kappa shape index (κ3) is 7.35. The topological polar surface area (TPSA) is 66.1 Å². The average Bonchev–Trinajstić information content (AvgIpc) is 2.53. The maximum atomic E-state index is 6.42. The normalized spacial score (nSPS) is 12.9. The summed E-state index contributed by atoms with van der Waals surface area (Å²) in [5.41, 5.74) is 22.8. The second-order valence-electron chi connectivity index (χ2n) is 7.48. The van der Waals surface area contributed by atoms with E-state index >= 15 is 0 Å². The fourth-order valence-corrected chi connectivity index (χ4v) is 4.09. The molecule has 0 fully saturated rings. The summed E-state index contributed by atoms with van der Waals surface area (Å²) in [6.07, 6.45) is 0. The monoisotopic (exact) mass is 463 g/mol. The van der Waals surface area contributed by atoms with Crippen LogP contribution in [-0.4, -0.2) is 13.1 Å². The van der Waals surface area contributed by atoms with Crippen LogP contribution in [0.4, 0.5) is 0 Å². The van der Waals surface area contributed by atoms with Crippen LogP contribution >= 0.6 is 20.2 Å². The summed E-state index contributed by atoms with van der Waals surface area (Å²) in [6.45, 7) is 13.9. The van der Waals surface area contributed by atoms with E-state index in [1.54, 1.807) is 0 Å².